The highest BCUT2D eigenvalue weighted by Gasteiger charge is 2.31. The molecule has 1 fully saturated rings. The number of carbonyl (C=O) groups excluding carboxylic acids is 2. The third-order valence-electron chi connectivity index (χ3n) is 7.07. The second-order valence-corrected chi connectivity index (χ2v) is 9.56. The zero-order chi connectivity index (χ0) is 27.1. The lowest BCUT2D eigenvalue weighted by Crippen LogP contribution is -2.38. The Balaban J connectivity index is 1.06. The van der Waals surface area contributed by atoms with Gasteiger partial charge in [-0.1, -0.05) is 12.1 Å². The number of rotatable bonds is 4. The first-order valence-corrected chi connectivity index (χ1v) is 12.4. The van der Waals surface area contributed by atoms with E-state index in [-0.39, 0.29) is 29.1 Å². The minimum Gasteiger partial charge on any atom is -0.337 e. The smallest absolute Gasteiger partial charge is 0.337 e. The number of anilines is 1. The van der Waals surface area contributed by atoms with Crippen LogP contribution < -0.4 is 5.32 Å². The summed E-state index contributed by atoms with van der Waals surface area (Å²) >= 11 is 0. The van der Waals surface area contributed by atoms with Crippen LogP contribution in [-0.2, 0) is 6.18 Å². The second-order valence-electron chi connectivity index (χ2n) is 9.56. The van der Waals surface area contributed by atoms with Crippen LogP contribution in [-0.4, -0.2) is 48.6 Å². The molecule has 0 unspecified atom stereocenters. The van der Waals surface area contributed by atoms with Gasteiger partial charge in [0.05, 0.1) is 11.9 Å². The number of halogens is 3. The number of nitrogens with zero attached hydrogens (tertiary/aromatic N) is 5. The molecule has 39 heavy (non-hydrogen) atoms. The normalized spacial score (nSPS) is 14.7. The number of hydrogen-bond donors (Lipinski definition) is 1. The first-order chi connectivity index (χ1) is 18.7. The van der Waals surface area contributed by atoms with E-state index in [1.807, 2.05) is 47.0 Å². The Morgan fingerprint density at radius 1 is 0.923 bits per heavy atom. The lowest BCUT2D eigenvalue weighted by Gasteiger charge is -2.32. The van der Waals surface area contributed by atoms with E-state index in [4.69, 9.17) is 0 Å². The highest BCUT2D eigenvalue weighted by Crippen LogP contribution is 2.31. The summed E-state index contributed by atoms with van der Waals surface area (Å²) in [5.74, 6) is -0.344. The Kier molecular flexibility index (Phi) is 6.05. The largest absolute Gasteiger partial charge is 0.417 e. The van der Waals surface area contributed by atoms with Crippen LogP contribution in [0.1, 0.15) is 50.9 Å². The minimum absolute atomic E-state index is 0.124. The summed E-state index contributed by atoms with van der Waals surface area (Å²) in [5.41, 5.74) is 2.59. The van der Waals surface area contributed by atoms with Gasteiger partial charge in [0.1, 0.15) is 17.0 Å². The van der Waals surface area contributed by atoms with Crippen molar-refractivity contribution in [3.63, 3.8) is 0 Å². The first kappa shape index (κ1) is 24.7. The molecule has 0 radical (unpaired) electrons. The third kappa shape index (κ3) is 4.95. The van der Waals surface area contributed by atoms with Crippen molar-refractivity contribution < 1.29 is 22.8 Å². The molecule has 1 N–H and O–H groups in total. The Bertz CT molecular complexity index is 1680. The maximum atomic E-state index is 13.0. The molecule has 2 amide bonds. The van der Waals surface area contributed by atoms with Crippen LogP contribution in [0, 0.1) is 0 Å². The summed E-state index contributed by atoms with van der Waals surface area (Å²) in [7, 11) is 0. The van der Waals surface area contributed by atoms with Crippen molar-refractivity contribution in [1.29, 1.82) is 0 Å². The molecule has 0 spiro atoms. The lowest BCUT2D eigenvalue weighted by atomic mass is 9.89. The van der Waals surface area contributed by atoms with Crippen LogP contribution in [0.15, 0.2) is 79.5 Å². The highest BCUT2D eigenvalue weighted by atomic mass is 19.4. The Morgan fingerprint density at radius 3 is 2.44 bits per heavy atom. The summed E-state index contributed by atoms with van der Waals surface area (Å²) in [4.78, 5) is 35.7. The molecular weight excluding hydrogens is 509 g/mol. The molecule has 6 rings (SSSR count). The predicted octanol–water partition coefficient (Wildman–Crippen LogP) is 5.27. The summed E-state index contributed by atoms with van der Waals surface area (Å²) < 4.78 is 42.1. The number of fused-ring (bicyclic) bond motifs is 2. The predicted molar refractivity (Wildman–Crippen MR) is 138 cm³/mol. The third-order valence-corrected chi connectivity index (χ3v) is 7.07. The highest BCUT2D eigenvalue weighted by molar-refractivity contribution is 6.03. The number of piperidine rings is 1. The summed E-state index contributed by atoms with van der Waals surface area (Å²) in [6.07, 6.45) is 2.76. The van der Waals surface area contributed by atoms with Crippen molar-refractivity contribution in [1.82, 2.24) is 23.7 Å². The minimum atomic E-state index is -4.47. The molecule has 1 aromatic carbocycles. The van der Waals surface area contributed by atoms with Gasteiger partial charge in [0.25, 0.3) is 11.8 Å². The summed E-state index contributed by atoms with van der Waals surface area (Å²) in [6.45, 7) is 1.02. The van der Waals surface area contributed by atoms with E-state index in [0.717, 1.165) is 36.2 Å². The quantitative estimate of drug-likeness (QED) is 0.342. The number of pyridine rings is 1. The first-order valence-electron chi connectivity index (χ1n) is 12.4. The van der Waals surface area contributed by atoms with Crippen LogP contribution in [0.3, 0.4) is 0 Å². The number of nitrogens with one attached hydrogen (secondary N) is 1. The number of aromatic nitrogens is 4. The molecule has 11 heteroatoms. The fourth-order valence-electron chi connectivity index (χ4n) is 4.93. The molecule has 0 bridgehead atoms. The fraction of sp³-hybridized carbons (Fsp3) is 0.214. The summed E-state index contributed by atoms with van der Waals surface area (Å²) in [5, 5.41) is 2.87. The molecule has 1 saturated heterocycles. The van der Waals surface area contributed by atoms with Gasteiger partial charge in [-0.05, 0) is 66.8 Å². The molecule has 5 aromatic rings. The molecule has 0 saturated carbocycles. The summed E-state index contributed by atoms with van der Waals surface area (Å²) in [6, 6.07) is 15.4. The topological polar surface area (TPSA) is 84.0 Å². The maximum absolute atomic E-state index is 13.0. The van der Waals surface area contributed by atoms with Gasteiger partial charge >= 0.3 is 6.18 Å². The van der Waals surface area contributed by atoms with E-state index in [1.54, 1.807) is 17.3 Å². The molecular formula is C28H23F3N6O2. The van der Waals surface area contributed by atoms with E-state index in [9.17, 15) is 22.8 Å². The van der Waals surface area contributed by atoms with Gasteiger partial charge in [-0.2, -0.15) is 13.2 Å². The van der Waals surface area contributed by atoms with Gasteiger partial charge in [0, 0.05) is 42.9 Å². The van der Waals surface area contributed by atoms with E-state index >= 15 is 0 Å². The van der Waals surface area contributed by atoms with Crippen LogP contribution in [0.4, 0.5) is 18.9 Å². The zero-order valence-corrected chi connectivity index (χ0v) is 20.6. The molecule has 198 valence electrons. The molecule has 0 atom stereocenters. The number of alkyl halides is 3. The molecule has 8 nitrogen and oxygen atoms in total. The SMILES string of the molecule is O=C(Nc1ccc(C2CCN(C(=O)c3cn4cc(C(F)(F)F)ccc4n3)CC2)cc1)c1cc2cccn2cn1. The zero-order valence-electron chi connectivity index (χ0n) is 20.6. The van der Waals surface area contributed by atoms with Gasteiger partial charge in [0.2, 0.25) is 0 Å². The Morgan fingerprint density at radius 2 is 1.69 bits per heavy atom. The number of benzene rings is 1. The van der Waals surface area contributed by atoms with Crippen molar-refractivity contribution >= 4 is 28.7 Å². The van der Waals surface area contributed by atoms with Gasteiger partial charge in [-0.3, -0.25) is 9.59 Å². The van der Waals surface area contributed by atoms with Crippen LogP contribution >= 0.6 is 0 Å². The number of hydrogen-bond acceptors (Lipinski definition) is 4. The van der Waals surface area contributed by atoms with Gasteiger partial charge in [-0.15, -0.1) is 0 Å². The standard InChI is InChI=1S/C28H23F3N6O2/c29-28(30,31)20-5-8-25-34-24(16-37(25)15-20)27(39)35-12-9-19(10-13-35)18-3-6-21(7-4-18)33-26(38)23-14-22-2-1-11-36(22)17-32-23/h1-8,11,14-17,19H,9-10,12-13H2,(H,33,38). The average molecular weight is 533 g/mol. The molecule has 5 heterocycles. The van der Waals surface area contributed by atoms with Crippen molar-refractivity contribution in [2.24, 2.45) is 0 Å². The molecule has 1 aliphatic rings. The van der Waals surface area contributed by atoms with E-state index < -0.39 is 11.7 Å². The average Bonchev–Trinajstić information content (AvgIpc) is 3.59. The van der Waals surface area contributed by atoms with E-state index in [2.05, 4.69) is 15.3 Å². The van der Waals surface area contributed by atoms with Crippen molar-refractivity contribution in [3.05, 3.63) is 102 Å². The van der Waals surface area contributed by atoms with Crippen LogP contribution in [0.5, 0.6) is 0 Å². The van der Waals surface area contributed by atoms with E-state index in [1.165, 1.54) is 16.7 Å². The van der Waals surface area contributed by atoms with Crippen LogP contribution in [0.25, 0.3) is 11.2 Å². The van der Waals surface area contributed by atoms with E-state index in [0.29, 0.717) is 24.5 Å². The fourth-order valence-corrected chi connectivity index (χ4v) is 4.93. The van der Waals surface area contributed by atoms with Gasteiger partial charge in [-0.25, -0.2) is 9.97 Å². The van der Waals surface area contributed by atoms with Gasteiger partial charge in [0.15, 0.2) is 0 Å². The molecule has 4 aromatic heterocycles. The van der Waals surface area contributed by atoms with Crippen molar-refractivity contribution in [3.8, 4) is 0 Å². The Hall–Kier alpha value is -4.67. The number of carbonyl (C=O) groups is 2. The van der Waals surface area contributed by atoms with Gasteiger partial charge < -0.3 is 19.0 Å². The maximum Gasteiger partial charge on any atom is 0.417 e. The number of likely N-dealkylation sites (tertiary alicyclic amines) is 1. The number of amides is 2. The monoisotopic (exact) mass is 532 g/mol. The van der Waals surface area contributed by atoms with Crippen molar-refractivity contribution in [2.75, 3.05) is 18.4 Å². The lowest BCUT2D eigenvalue weighted by molar-refractivity contribution is -0.137. The number of imidazole rings is 1. The Labute approximate surface area is 220 Å². The van der Waals surface area contributed by atoms with Crippen LogP contribution in [0.2, 0.25) is 0 Å². The second kappa shape index (κ2) is 9.57. The van der Waals surface area contributed by atoms with Crippen molar-refractivity contribution in [2.45, 2.75) is 24.9 Å². The molecule has 0 aliphatic carbocycles. The molecule has 1 aliphatic heterocycles.